The van der Waals surface area contributed by atoms with Gasteiger partial charge in [0.2, 0.25) is 5.71 Å². The van der Waals surface area contributed by atoms with Gasteiger partial charge in [0, 0.05) is 41.6 Å². The Morgan fingerprint density at radius 1 is 0.800 bits per heavy atom. The second-order valence-corrected chi connectivity index (χ2v) is 12.7. The van der Waals surface area contributed by atoms with Gasteiger partial charge in [-0.1, -0.05) is 84.9 Å². The van der Waals surface area contributed by atoms with Crippen LogP contribution in [0.1, 0.15) is 48.6 Å². The van der Waals surface area contributed by atoms with Gasteiger partial charge < -0.3 is 9.45 Å². The third-order valence-electron chi connectivity index (χ3n) is 8.27. The predicted octanol–water partition coefficient (Wildman–Crippen LogP) is 7.92. The molecular weight excluding hydrogens is 577 g/mol. The molecule has 0 bridgehead atoms. The van der Waals surface area contributed by atoms with Crippen molar-refractivity contribution in [3.05, 3.63) is 160 Å². The lowest BCUT2D eigenvalue weighted by Crippen LogP contribution is -2.23. The Balaban J connectivity index is 1.63. The van der Waals surface area contributed by atoms with Crippen LogP contribution in [0.2, 0.25) is 0 Å². The molecule has 0 saturated carbocycles. The molecule has 1 aliphatic carbocycles. The molecule has 230 valence electrons. The molecule has 6 heteroatoms. The quantitative estimate of drug-likeness (QED) is 0.134. The smallest absolute Gasteiger partial charge is 0.203 e. The minimum Gasteiger partial charge on any atom is -0.744 e. The van der Waals surface area contributed by atoms with Gasteiger partial charge in [0.05, 0.1) is 4.90 Å². The normalized spacial score (nSPS) is 15.4. The van der Waals surface area contributed by atoms with Gasteiger partial charge in [-0.25, -0.2) is 13.0 Å². The van der Waals surface area contributed by atoms with Crippen molar-refractivity contribution in [2.45, 2.75) is 45.7 Å². The number of rotatable bonds is 10. The Kier molecular flexibility index (Phi) is 9.96. The number of anilines is 1. The molecule has 0 amide bonds. The fraction of sp³-hybridized carbons (Fsp3) is 0.205. The zero-order valence-corrected chi connectivity index (χ0v) is 27.2. The van der Waals surface area contributed by atoms with Crippen molar-refractivity contribution in [3.8, 4) is 0 Å². The lowest BCUT2D eigenvalue weighted by Gasteiger charge is -2.26. The second-order valence-electron chi connectivity index (χ2n) is 11.3. The minimum absolute atomic E-state index is 0.220. The Hall–Kier alpha value is -4.52. The van der Waals surface area contributed by atoms with E-state index in [4.69, 9.17) is 0 Å². The van der Waals surface area contributed by atoms with E-state index in [0.717, 1.165) is 59.9 Å². The van der Waals surface area contributed by atoms with E-state index in [1.54, 1.807) is 18.2 Å². The van der Waals surface area contributed by atoms with Gasteiger partial charge in [0.1, 0.15) is 16.7 Å². The molecule has 4 aromatic carbocycles. The second kappa shape index (κ2) is 14.1. The summed E-state index contributed by atoms with van der Waals surface area (Å²) in [6.07, 6.45) is 6.24. The van der Waals surface area contributed by atoms with Crippen LogP contribution in [0.5, 0.6) is 0 Å². The molecule has 5 rings (SSSR count). The van der Waals surface area contributed by atoms with Crippen LogP contribution in [0.3, 0.4) is 0 Å². The maximum atomic E-state index is 12.5. The largest absolute Gasteiger partial charge is 0.744 e. The monoisotopic (exact) mass is 616 g/mol. The topological polar surface area (TPSA) is 63.5 Å². The van der Waals surface area contributed by atoms with Crippen LogP contribution < -0.4 is 4.90 Å². The first kappa shape index (κ1) is 31.9. The van der Waals surface area contributed by atoms with Crippen LogP contribution >= 0.6 is 0 Å². The van der Waals surface area contributed by atoms with Crippen molar-refractivity contribution in [2.24, 2.45) is 0 Å². The highest BCUT2D eigenvalue weighted by Gasteiger charge is 2.22. The van der Waals surface area contributed by atoms with Crippen LogP contribution in [0.25, 0.3) is 5.57 Å². The van der Waals surface area contributed by atoms with E-state index < -0.39 is 10.1 Å². The third-order valence-corrected chi connectivity index (χ3v) is 9.17. The standard InChI is InChI=1S/C39H40N2O3S/c1-5-40(27-31-15-9-7-10-16-31)36-23-21-33(25-29(36)3)39(35-19-13-14-20-38(35)45(42,43)44)34-22-24-37(30(4)26-34)41(6-2)28-32-17-11-8-12-18-32/h7-26H,5-6,27-28H2,1-4H3. The molecule has 0 fully saturated rings. The molecular formula is C39H40N2O3S. The highest BCUT2D eigenvalue weighted by atomic mass is 32.2. The molecule has 45 heavy (non-hydrogen) atoms. The molecule has 1 aliphatic rings. The van der Waals surface area contributed by atoms with Crippen LogP contribution in [-0.2, 0) is 23.2 Å². The molecule has 0 heterocycles. The predicted molar refractivity (Wildman–Crippen MR) is 184 cm³/mol. The molecule has 5 nitrogen and oxygen atoms in total. The molecule has 0 radical (unpaired) electrons. The van der Waals surface area contributed by atoms with Crippen LogP contribution in [0.4, 0.5) is 5.69 Å². The van der Waals surface area contributed by atoms with Crippen LogP contribution in [0.15, 0.2) is 137 Å². The third kappa shape index (κ3) is 7.42. The summed E-state index contributed by atoms with van der Waals surface area (Å²) in [7, 11) is -4.72. The van der Waals surface area contributed by atoms with Crippen molar-refractivity contribution in [2.75, 3.05) is 18.0 Å². The summed E-state index contributed by atoms with van der Waals surface area (Å²) in [5.41, 5.74) is 9.64. The Morgan fingerprint density at radius 2 is 1.44 bits per heavy atom. The van der Waals surface area contributed by atoms with Crippen molar-refractivity contribution in [1.82, 2.24) is 0 Å². The van der Waals surface area contributed by atoms with Gasteiger partial charge in [0.15, 0.2) is 6.54 Å². The number of hydrogen-bond donors (Lipinski definition) is 0. The van der Waals surface area contributed by atoms with Crippen molar-refractivity contribution >= 4 is 27.1 Å². The average molecular weight is 617 g/mol. The molecule has 0 N–H and O–H groups in total. The zero-order valence-electron chi connectivity index (χ0n) is 26.4. The van der Waals surface area contributed by atoms with Gasteiger partial charge in [0.25, 0.3) is 0 Å². The van der Waals surface area contributed by atoms with E-state index in [1.807, 2.05) is 24.3 Å². The number of hydrogen-bond acceptors (Lipinski definition) is 4. The highest BCUT2D eigenvalue weighted by Crippen LogP contribution is 2.36. The maximum Gasteiger partial charge on any atom is 0.203 e. The fourth-order valence-electron chi connectivity index (χ4n) is 6.04. The summed E-state index contributed by atoms with van der Waals surface area (Å²) in [6.45, 7) is 11.7. The fourth-order valence-corrected chi connectivity index (χ4v) is 6.73. The number of nitrogens with zero attached hydrogens (tertiary/aromatic N) is 2. The van der Waals surface area contributed by atoms with Gasteiger partial charge in [-0.15, -0.1) is 0 Å². The molecule has 0 atom stereocenters. The van der Waals surface area contributed by atoms with Gasteiger partial charge >= 0.3 is 0 Å². The Bertz CT molecular complexity index is 1900. The van der Waals surface area contributed by atoms with E-state index in [0.29, 0.717) is 11.1 Å². The number of aryl methyl sites for hydroxylation is 1. The highest BCUT2D eigenvalue weighted by molar-refractivity contribution is 7.85. The summed E-state index contributed by atoms with van der Waals surface area (Å²) in [4.78, 5) is 2.11. The first-order chi connectivity index (χ1) is 21.7. The summed E-state index contributed by atoms with van der Waals surface area (Å²) in [5.74, 6) is 0. The Labute approximate surface area is 267 Å². The summed E-state index contributed by atoms with van der Waals surface area (Å²) in [6, 6.07) is 33.5. The summed E-state index contributed by atoms with van der Waals surface area (Å²) >= 11 is 0. The van der Waals surface area contributed by atoms with Crippen LogP contribution in [-0.4, -0.2) is 36.3 Å². The van der Waals surface area contributed by atoms with Crippen molar-refractivity contribution < 1.29 is 17.5 Å². The Morgan fingerprint density at radius 3 is 2.04 bits per heavy atom. The van der Waals surface area contributed by atoms with E-state index >= 15 is 0 Å². The molecule has 0 saturated heterocycles. The maximum absolute atomic E-state index is 12.5. The zero-order chi connectivity index (χ0) is 32.0. The lowest BCUT2D eigenvalue weighted by molar-refractivity contribution is -0.539. The van der Waals surface area contributed by atoms with E-state index in [2.05, 4.69) is 110 Å². The van der Waals surface area contributed by atoms with Crippen LogP contribution in [0, 0.1) is 6.92 Å². The molecule has 0 unspecified atom stereocenters. The molecule has 0 aromatic heterocycles. The molecule has 0 aliphatic heterocycles. The van der Waals surface area contributed by atoms with E-state index in [1.165, 1.54) is 17.2 Å². The first-order valence-corrected chi connectivity index (χ1v) is 16.8. The summed E-state index contributed by atoms with van der Waals surface area (Å²) in [5, 5.41) is 0. The molecule has 4 aromatic rings. The minimum atomic E-state index is -4.72. The average Bonchev–Trinajstić information content (AvgIpc) is 3.04. The molecule has 0 spiro atoms. The van der Waals surface area contributed by atoms with Gasteiger partial charge in [-0.05, 0) is 85.9 Å². The van der Waals surface area contributed by atoms with E-state index in [-0.39, 0.29) is 4.90 Å². The lowest BCUT2D eigenvalue weighted by atomic mass is 9.88. The number of allylic oxidation sites excluding steroid dienone is 5. The van der Waals surface area contributed by atoms with Crippen molar-refractivity contribution in [3.63, 3.8) is 0 Å². The SMILES string of the molecule is CCN(Cc1ccccc1)c1ccc(/C(=C2\C=CC(=[N+](CC)Cc3ccccc3)C(C)=C2)c2ccccc2S(=O)(=O)[O-])cc1C. The van der Waals surface area contributed by atoms with Gasteiger partial charge in [-0.3, -0.25) is 0 Å². The van der Waals surface area contributed by atoms with E-state index in [9.17, 15) is 13.0 Å². The van der Waals surface area contributed by atoms with Gasteiger partial charge in [-0.2, -0.15) is 0 Å². The number of benzene rings is 4. The van der Waals surface area contributed by atoms with Crippen molar-refractivity contribution in [1.29, 1.82) is 0 Å². The first-order valence-electron chi connectivity index (χ1n) is 15.4. The summed E-state index contributed by atoms with van der Waals surface area (Å²) < 4.78 is 39.8.